The summed E-state index contributed by atoms with van der Waals surface area (Å²) in [5, 5.41) is 0.737. The maximum absolute atomic E-state index is 12.9. The van der Waals surface area contributed by atoms with Gasteiger partial charge in [0.2, 0.25) is 5.91 Å². The number of nitrogens with zero attached hydrogens (tertiary/aromatic N) is 2. The molecule has 0 radical (unpaired) electrons. The SMILES string of the molecule is COc1cc2ncnc(-c3ccc(C(C(N)=O)c4ccc(C(F)(F)F)cc4)cc3)c2cc1OC1COC1. The van der Waals surface area contributed by atoms with Crippen molar-refractivity contribution < 1.29 is 32.2 Å². The fraction of sp³-hybridized carbons (Fsp3) is 0.222. The summed E-state index contributed by atoms with van der Waals surface area (Å²) in [6, 6.07) is 15.0. The van der Waals surface area contributed by atoms with Crippen molar-refractivity contribution in [2.75, 3.05) is 20.3 Å². The quantitative estimate of drug-likeness (QED) is 0.387. The normalized spacial score (nSPS) is 14.7. The number of ether oxygens (including phenoxy) is 3. The molecule has 4 aromatic rings. The van der Waals surface area contributed by atoms with Crippen LogP contribution in [0.4, 0.5) is 13.2 Å². The van der Waals surface area contributed by atoms with Crippen LogP contribution in [0, 0.1) is 0 Å². The van der Waals surface area contributed by atoms with E-state index in [-0.39, 0.29) is 6.10 Å². The number of nitrogens with two attached hydrogens (primary N) is 1. The summed E-state index contributed by atoms with van der Waals surface area (Å²) in [6.07, 6.45) is -3.09. The van der Waals surface area contributed by atoms with Crippen molar-refractivity contribution >= 4 is 16.8 Å². The summed E-state index contributed by atoms with van der Waals surface area (Å²) in [4.78, 5) is 21.1. The lowest BCUT2D eigenvalue weighted by Crippen LogP contribution is -2.38. The van der Waals surface area contributed by atoms with E-state index >= 15 is 0 Å². The highest BCUT2D eigenvalue weighted by molar-refractivity contribution is 5.94. The van der Waals surface area contributed by atoms with Crippen LogP contribution < -0.4 is 15.2 Å². The predicted molar refractivity (Wildman–Crippen MR) is 129 cm³/mol. The maximum Gasteiger partial charge on any atom is 0.416 e. The number of carbonyl (C=O) groups excluding carboxylic acids is 1. The molecule has 1 aliphatic heterocycles. The van der Waals surface area contributed by atoms with E-state index < -0.39 is 23.6 Å². The highest BCUT2D eigenvalue weighted by atomic mass is 19.4. The van der Waals surface area contributed by atoms with Crippen molar-refractivity contribution in [3.05, 3.63) is 83.7 Å². The second-order valence-electron chi connectivity index (χ2n) is 8.60. The Labute approximate surface area is 210 Å². The van der Waals surface area contributed by atoms with Crippen LogP contribution in [0.3, 0.4) is 0 Å². The van der Waals surface area contributed by atoms with Gasteiger partial charge in [0.15, 0.2) is 11.5 Å². The smallest absolute Gasteiger partial charge is 0.416 e. The third-order valence-corrected chi connectivity index (χ3v) is 6.20. The Balaban J connectivity index is 1.49. The van der Waals surface area contributed by atoms with Crippen molar-refractivity contribution in [3.63, 3.8) is 0 Å². The monoisotopic (exact) mass is 509 g/mol. The van der Waals surface area contributed by atoms with Crippen molar-refractivity contribution in [1.29, 1.82) is 0 Å². The molecule has 0 saturated carbocycles. The number of aromatic nitrogens is 2. The van der Waals surface area contributed by atoms with Crippen molar-refractivity contribution in [2.24, 2.45) is 5.73 Å². The number of hydrogen-bond donors (Lipinski definition) is 1. The van der Waals surface area contributed by atoms with Gasteiger partial charge in [-0.1, -0.05) is 36.4 Å². The fourth-order valence-electron chi connectivity index (χ4n) is 4.23. The molecule has 1 aliphatic rings. The zero-order chi connectivity index (χ0) is 26.2. The van der Waals surface area contributed by atoms with Gasteiger partial charge in [-0.3, -0.25) is 4.79 Å². The number of halogens is 3. The average molecular weight is 509 g/mol. The molecular weight excluding hydrogens is 487 g/mol. The second kappa shape index (κ2) is 9.70. The largest absolute Gasteiger partial charge is 0.493 e. The van der Waals surface area contributed by atoms with Crippen molar-refractivity contribution in [1.82, 2.24) is 9.97 Å². The molecule has 7 nitrogen and oxygen atoms in total. The zero-order valence-corrected chi connectivity index (χ0v) is 19.7. The van der Waals surface area contributed by atoms with Crippen LogP contribution in [-0.2, 0) is 15.7 Å². The molecule has 1 unspecified atom stereocenters. The van der Waals surface area contributed by atoms with Gasteiger partial charge in [-0.05, 0) is 29.3 Å². The molecule has 0 spiro atoms. The number of fused-ring (bicyclic) bond motifs is 1. The molecule has 1 amide bonds. The lowest BCUT2D eigenvalue weighted by Gasteiger charge is -2.27. The molecule has 1 saturated heterocycles. The molecule has 0 aliphatic carbocycles. The van der Waals surface area contributed by atoms with E-state index in [1.54, 1.807) is 37.4 Å². The summed E-state index contributed by atoms with van der Waals surface area (Å²) in [6.45, 7) is 1.00. The summed E-state index contributed by atoms with van der Waals surface area (Å²) in [5.41, 5.74) is 7.79. The Bertz CT molecular complexity index is 1440. The van der Waals surface area contributed by atoms with E-state index in [4.69, 9.17) is 19.9 Å². The third-order valence-electron chi connectivity index (χ3n) is 6.20. The topological polar surface area (TPSA) is 96.6 Å². The van der Waals surface area contributed by atoms with Gasteiger partial charge < -0.3 is 19.9 Å². The van der Waals surface area contributed by atoms with Crippen LogP contribution in [-0.4, -0.2) is 42.3 Å². The van der Waals surface area contributed by atoms with E-state index in [0.29, 0.717) is 47.1 Å². The van der Waals surface area contributed by atoms with E-state index in [1.165, 1.54) is 18.5 Å². The van der Waals surface area contributed by atoms with E-state index in [1.807, 2.05) is 6.07 Å². The van der Waals surface area contributed by atoms with Gasteiger partial charge in [-0.2, -0.15) is 13.2 Å². The first-order valence-electron chi connectivity index (χ1n) is 11.4. The molecule has 10 heteroatoms. The van der Waals surface area contributed by atoms with Crippen LogP contribution in [0.2, 0.25) is 0 Å². The van der Waals surface area contributed by atoms with Gasteiger partial charge in [0, 0.05) is 17.0 Å². The minimum absolute atomic E-state index is 0.0605. The van der Waals surface area contributed by atoms with E-state index in [9.17, 15) is 18.0 Å². The van der Waals surface area contributed by atoms with Crippen LogP contribution in [0.1, 0.15) is 22.6 Å². The first-order chi connectivity index (χ1) is 17.7. The molecule has 2 N–H and O–H groups in total. The Morgan fingerprint density at radius 3 is 2.19 bits per heavy atom. The third kappa shape index (κ3) is 4.92. The Morgan fingerprint density at radius 2 is 1.65 bits per heavy atom. The average Bonchev–Trinajstić information content (AvgIpc) is 2.85. The van der Waals surface area contributed by atoms with Gasteiger partial charge in [-0.25, -0.2) is 9.97 Å². The standard InChI is InChI=1S/C27H22F3N3O4/c1-35-22-11-21-20(10-23(22)37-19-12-36-13-19)25(33-14-32-21)17-4-2-15(3-5-17)24(26(31)34)16-6-8-18(9-7-16)27(28,29)30/h2-11,14,19,24H,12-13H2,1H3,(H2,31,34). The molecule has 3 aromatic carbocycles. The Hall–Kier alpha value is -4.18. The number of hydrogen-bond acceptors (Lipinski definition) is 6. The first-order valence-corrected chi connectivity index (χ1v) is 11.4. The highest BCUT2D eigenvalue weighted by Gasteiger charge is 2.31. The van der Waals surface area contributed by atoms with Gasteiger partial charge in [-0.15, -0.1) is 0 Å². The Morgan fingerprint density at radius 1 is 1.00 bits per heavy atom. The zero-order valence-electron chi connectivity index (χ0n) is 19.7. The Kier molecular flexibility index (Phi) is 6.43. The summed E-state index contributed by atoms with van der Waals surface area (Å²) in [7, 11) is 1.55. The lowest BCUT2D eigenvalue weighted by atomic mass is 9.89. The maximum atomic E-state index is 12.9. The fourth-order valence-corrected chi connectivity index (χ4v) is 4.23. The highest BCUT2D eigenvalue weighted by Crippen LogP contribution is 2.37. The predicted octanol–water partition coefficient (Wildman–Crippen LogP) is 4.72. The van der Waals surface area contributed by atoms with Gasteiger partial charge in [0.05, 0.1) is 43.0 Å². The molecule has 1 aromatic heterocycles. The summed E-state index contributed by atoms with van der Waals surface area (Å²) in [5.74, 6) is -0.492. The van der Waals surface area contributed by atoms with Crippen LogP contribution >= 0.6 is 0 Å². The number of methoxy groups -OCH3 is 1. The number of benzene rings is 3. The van der Waals surface area contributed by atoms with Crippen molar-refractivity contribution in [2.45, 2.75) is 18.2 Å². The van der Waals surface area contributed by atoms with E-state index in [0.717, 1.165) is 23.1 Å². The first kappa shape index (κ1) is 24.5. The second-order valence-corrected chi connectivity index (χ2v) is 8.60. The number of primary amides is 1. The van der Waals surface area contributed by atoms with Crippen LogP contribution in [0.15, 0.2) is 67.0 Å². The minimum Gasteiger partial charge on any atom is -0.493 e. The van der Waals surface area contributed by atoms with Crippen LogP contribution in [0.25, 0.3) is 22.2 Å². The van der Waals surface area contributed by atoms with Gasteiger partial charge in [0.25, 0.3) is 0 Å². The van der Waals surface area contributed by atoms with Crippen LogP contribution in [0.5, 0.6) is 11.5 Å². The van der Waals surface area contributed by atoms with Gasteiger partial charge in [0.1, 0.15) is 12.4 Å². The molecule has 0 bridgehead atoms. The minimum atomic E-state index is -4.47. The number of rotatable bonds is 7. The number of alkyl halides is 3. The molecule has 190 valence electrons. The van der Waals surface area contributed by atoms with Gasteiger partial charge >= 0.3 is 6.18 Å². The number of carbonyl (C=O) groups is 1. The molecule has 37 heavy (non-hydrogen) atoms. The summed E-state index contributed by atoms with van der Waals surface area (Å²) >= 11 is 0. The molecule has 5 rings (SSSR count). The molecular formula is C27H22F3N3O4. The molecule has 2 heterocycles. The lowest BCUT2D eigenvalue weighted by molar-refractivity contribution is -0.137. The number of amides is 1. The molecule has 1 fully saturated rings. The summed E-state index contributed by atoms with van der Waals surface area (Å²) < 4.78 is 55.5. The molecule has 1 atom stereocenters. The van der Waals surface area contributed by atoms with E-state index in [2.05, 4.69) is 9.97 Å². The van der Waals surface area contributed by atoms with Crippen molar-refractivity contribution in [3.8, 4) is 22.8 Å².